The van der Waals surface area contributed by atoms with E-state index < -0.39 is 5.41 Å². The number of rotatable bonds is 5. The maximum Gasteiger partial charge on any atom is 0.211 e. The molecule has 3 aromatic rings. The van der Waals surface area contributed by atoms with Gasteiger partial charge in [0.1, 0.15) is 17.9 Å². The number of nitrogens with zero attached hydrogens (tertiary/aromatic N) is 4. The number of aromatic nitrogens is 4. The highest BCUT2D eigenvalue weighted by atomic mass is 16.4. The maximum absolute atomic E-state index is 5.54. The van der Waals surface area contributed by atoms with Crippen LogP contribution in [0.5, 0.6) is 0 Å². The highest BCUT2D eigenvalue weighted by Crippen LogP contribution is 2.41. The average Bonchev–Trinajstić information content (AvgIpc) is 3.21. The van der Waals surface area contributed by atoms with Crippen LogP contribution in [-0.4, -0.2) is 19.5 Å². The van der Waals surface area contributed by atoms with E-state index in [2.05, 4.69) is 21.9 Å². The van der Waals surface area contributed by atoms with Gasteiger partial charge in [0.05, 0.1) is 24.8 Å². The minimum atomic E-state index is -0.678. The fourth-order valence-corrected chi connectivity index (χ4v) is 2.49. The van der Waals surface area contributed by atoms with Gasteiger partial charge in [0.2, 0.25) is 11.8 Å². The Morgan fingerprint density at radius 2 is 1.80 bits per heavy atom. The molecule has 20 heavy (non-hydrogen) atoms. The molecule has 0 spiro atoms. The quantitative estimate of drug-likeness (QED) is 0.713. The predicted molar refractivity (Wildman–Crippen MR) is 70.6 cm³/mol. The average molecular weight is 271 g/mol. The molecule has 103 valence electrons. The summed E-state index contributed by atoms with van der Waals surface area (Å²) < 4.78 is 13.0. The van der Waals surface area contributed by atoms with Crippen molar-refractivity contribution in [2.45, 2.75) is 25.7 Å². The van der Waals surface area contributed by atoms with Crippen LogP contribution in [0, 0.1) is 6.04 Å². The zero-order valence-corrected chi connectivity index (χ0v) is 11.4. The molecule has 0 atom stereocenters. The lowest BCUT2D eigenvalue weighted by atomic mass is 9.80. The molecular formula is C14H15N4O2. The molecule has 3 heterocycles. The topological polar surface area (TPSA) is 69.9 Å². The van der Waals surface area contributed by atoms with Crippen molar-refractivity contribution in [2.75, 3.05) is 0 Å². The summed E-state index contributed by atoms with van der Waals surface area (Å²) in [6.07, 6.45) is 12.5. The fraction of sp³-hybridized carbons (Fsp3) is 0.286. The Morgan fingerprint density at radius 3 is 2.20 bits per heavy atom. The minimum absolute atomic E-state index is 0.547. The first-order chi connectivity index (χ1) is 9.76. The second-order valence-electron chi connectivity index (χ2n) is 4.57. The molecule has 0 aliphatic carbocycles. The van der Waals surface area contributed by atoms with E-state index in [-0.39, 0.29) is 0 Å². The molecule has 0 aromatic carbocycles. The Bertz CT molecular complexity index is 595. The Hall–Kier alpha value is -2.37. The van der Waals surface area contributed by atoms with Crippen molar-refractivity contribution in [3.05, 3.63) is 61.5 Å². The first-order valence-corrected chi connectivity index (χ1v) is 6.41. The zero-order chi connectivity index (χ0) is 14.0. The van der Waals surface area contributed by atoms with Crippen LogP contribution in [0.3, 0.4) is 0 Å². The van der Waals surface area contributed by atoms with Gasteiger partial charge in [0.15, 0.2) is 0 Å². The zero-order valence-electron chi connectivity index (χ0n) is 11.4. The lowest BCUT2D eigenvalue weighted by molar-refractivity contribution is 0.307. The molecular weight excluding hydrogens is 256 g/mol. The first-order valence-electron chi connectivity index (χ1n) is 6.41. The Balaban J connectivity index is 2.15. The summed E-state index contributed by atoms with van der Waals surface area (Å²) >= 11 is 0. The standard InChI is InChI=1S/C14H15N4O2/c1-3-11(18-7-4-15-10-18)14(2,12-16-5-8-19-12)13-17-6-9-20-13/h4-10H,3H2,1-2H3. The first kappa shape index (κ1) is 12.7. The molecule has 3 rings (SSSR count). The van der Waals surface area contributed by atoms with E-state index in [0.29, 0.717) is 11.8 Å². The van der Waals surface area contributed by atoms with Crippen LogP contribution in [0.15, 0.2) is 52.5 Å². The van der Waals surface area contributed by atoms with Gasteiger partial charge in [-0.25, -0.2) is 15.0 Å². The highest BCUT2D eigenvalue weighted by molar-refractivity contribution is 5.30. The number of hydrogen-bond acceptors (Lipinski definition) is 5. The molecule has 1 radical (unpaired) electrons. The van der Waals surface area contributed by atoms with Gasteiger partial charge in [-0.2, -0.15) is 0 Å². The lowest BCUT2D eigenvalue weighted by Crippen LogP contribution is -2.36. The van der Waals surface area contributed by atoms with E-state index in [4.69, 9.17) is 8.83 Å². The fourth-order valence-electron chi connectivity index (χ4n) is 2.49. The van der Waals surface area contributed by atoms with Gasteiger partial charge >= 0.3 is 0 Å². The van der Waals surface area contributed by atoms with Gasteiger partial charge in [-0.1, -0.05) is 6.92 Å². The van der Waals surface area contributed by atoms with Crippen molar-refractivity contribution in [1.29, 1.82) is 0 Å². The molecule has 6 nitrogen and oxygen atoms in total. The maximum atomic E-state index is 5.54. The van der Waals surface area contributed by atoms with Gasteiger partial charge in [-0.3, -0.25) is 0 Å². The molecule has 0 aliphatic rings. The monoisotopic (exact) mass is 271 g/mol. The summed E-state index contributed by atoms with van der Waals surface area (Å²) in [5.41, 5.74) is -0.678. The van der Waals surface area contributed by atoms with Crippen LogP contribution in [0.4, 0.5) is 0 Å². The lowest BCUT2D eigenvalue weighted by Gasteiger charge is -2.31. The van der Waals surface area contributed by atoms with E-state index in [9.17, 15) is 0 Å². The van der Waals surface area contributed by atoms with E-state index in [1.807, 2.05) is 17.7 Å². The normalized spacial score (nSPS) is 12.2. The van der Waals surface area contributed by atoms with Gasteiger partial charge in [-0.15, -0.1) is 0 Å². The summed E-state index contributed by atoms with van der Waals surface area (Å²) in [5, 5.41) is 0. The highest BCUT2D eigenvalue weighted by Gasteiger charge is 2.46. The third-order valence-electron chi connectivity index (χ3n) is 3.45. The van der Waals surface area contributed by atoms with E-state index >= 15 is 0 Å². The van der Waals surface area contributed by atoms with Crippen molar-refractivity contribution in [1.82, 2.24) is 19.5 Å². The van der Waals surface area contributed by atoms with Crippen molar-refractivity contribution in [3.63, 3.8) is 0 Å². The predicted octanol–water partition coefficient (Wildman–Crippen LogP) is 2.66. The summed E-state index contributed by atoms with van der Waals surface area (Å²) in [4.78, 5) is 12.7. The van der Waals surface area contributed by atoms with Gasteiger partial charge < -0.3 is 13.4 Å². The van der Waals surface area contributed by atoms with Crippen molar-refractivity contribution >= 4 is 0 Å². The number of oxazole rings is 2. The van der Waals surface area contributed by atoms with Crippen LogP contribution in [0.1, 0.15) is 32.0 Å². The largest absolute Gasteiger partial charge is 0.448 e. The molecule has 0 fully saturated rings. The third kappa shape index (κ3) is 1.84. The third-order valence-corrected chi connectivity index (χ3v) is 3.45. The molecule has 0 amide bonds. The molecule has 0 N–H and O–H groups in total. The summed E-state index contributed by atoms with van der Waals surface area (Å²) in [6.45, 7) is 4.06. The molecule has 0 unspecified atom stereocenters. The van der Waals surface area contributed by atoms with E-state index in [1.54, 1.807) is 37.4 Å². The molecule has 0 aliphatic heterocycles. The molecule has 0 bridgehead atoms. The summed E-state index contributed by atoms with van der Waals surface area (Å²) in [7, 11) is 0. The van der Waals surface area contributed by atoms with Crippen LogP contribution in [-0.2, 0) is 5.41 Å². The van der Waals surface area contributed by atoms with E-state index in [0.717, 1.165) is 12.5 Å². The molecule has 3 aromatic heterocycles. The second-order valence-corrected chi connectivity index (χ2v) is 4.57. The van der Waals surface area contributed by atoms with Crippen molar-refractivity contribution < 1.29 is 8.83 Å². The van der Waals surface area contributed by atoms with E-state index in [1.165, 1.54) is 0 Å². The smallest absolute Gasteiger partial charge is 0.211 e. The van der Waals surface area contributed by atoms with Crippen molar-refractivity contribution in [3.8, 4) is 0 Å². The molecule has 6 heteroatoms. The number of imidazole rings is 1. The van der Waals surface area contributed by atoms with Crippen LogP contribution >= 0.6 is 0 Å². The Kier molecular flexibility index (Phi) is 3.14. The Morgan fingerprint density at radius 1 is 1.15 bits per heavy atom. The van der Waals surface area contributed by atoms with Crippen LogP contribution in [0.2, 0.25) is 0 Å². The molecule has 0 saturated carbocycles. The summed E-state index contributed by atoms with van der Waals surface area (Å²) in [5.74, 6) is 1.09. The SMILES string of the molecule is CC[C](n1ccnc1)C(C)(c1ncco1)c1ncco1. The number of hydrogen-bond donors (Lipinski definition) is 0. The van der Waals surface area contributed by atoms with Crippen LogP contribution in [0.25, 0.3) is 0 Å². The van der Waals surface area contributed by atoms with Crippen LogP contribution < -0.4 is 0 Å². The van der Waals surface area contributed by atoms with Gasteiger partial charge in [0, 0.05) is 12.4 Å². The second kappa shape index (κ2) is 4.96. The minimum Gasteiger partial charge on any atom is -0.448 e. The van der Waals surface area contributed by atoms with Crippen molar-refractivity contribution in [2.24, 2.45) is 0 Å². The summed E-state index contributed by atoms with van der Waals surface area (Å²) in [6, 6.07) is 1.03. The molecule has 0 saturated heterocycles. The Labute approximate surface area is 116 Å². The van der Waals surface area contributed by atoms with Gasteiger partial charge in [-0.05, 0) is 13.3 Å². The van der Waals surface area contributed by atoms with Gasteiger partial charge in [0.25, 0.3) is 0 Å².